The molecule has 0 saturated carbocycles. The van der Waals surface area contributed by atoms with Gasteiger partial charge in [-0.3, -0.25) is 4.79 Å². The minimum Gasteiger partial charge on any atom is -0.507 e. The molecule has 2 heterocycles. The van der Waals surface area contributed by atoms with E-state index < -0.39 is 0 Å². The minimum absolute atomic E-state index is 0.000155. The van der Waals surface area contributed by atoms with E-state index in [0.717, 1.165) is 42.5 Å². The van der Waals surface area contributed by atoms with Gasteiger partial charge in [0.1, 0.15) is 11.4 Å². The highest BCUT2D eigenvalue weighted by atomic mass is 16.3. The van der Waals surface area contributed by atoms with Crippen LogP contribution in [0.15, 0.2) is 42.5 Å². The lowest BCUT2D eigenvalue weighted by molar-refractivity contribution is 0.0962. The molecule has 1 aliphatic rings. The SMILES string of the molecule is CNC(=O)c1ccc(-c2nnc(N[C@@H]3CCCN(C)C3)c3ccccc23)c(O)c1. The van der Waals surface area contributed by atoms with Gasteiger partial charge in [0, 0.05) is 41.5 Å². The maximum atomic E-state index is 11.8. The van der Waals surface area contributed by atoms with Crippen LogP contribution in [0, 0.1) is 0 Å². The molecule has 0 bridgehead atoms. The standard InChI is InChI=1S/C22H25N5O2/c1-23-22(29)14-9-10-18(19(28)12-14)20-16-7-3-4-8-17(16)21(26-25-20)24-15-6-5-11-27(2)13-15/h3-4,7-10,12,15,28H,5-6,11,13H2,1-2H3,(H,23,29)(H,24,26)/t15-/m1/s1. The number of amides is 1. The van der Waals surface area contributed by atoms with Crippen LogP contribution in [-0.2, 0) is 0 Å². The van der Waals surface area contributed by atoms with E-state index in [4.69, 9.17) is 0 Å². The molecule has 0 spiro atoms. The number of hydrogen-bond donors (Lipinski definition) is 3. The predicted octanol–water partition coefficient (Wildman–Crippen LogP) is 2.87. The number of likely N-dealkylation sites (N-methyl/N-ethyl adjacent to an activating group) is 1. The molecule has 7 heteroatoms. The maximum Gasteiger partial charge on any atom is 0.251 e. The average molecular weight is 391 g/mol. The van der Waals surface area contributed by atoms with Crippen LogP contribution < -0.4 is 10.6 Å². The summed E-state index contributed by atoms with van der Waals surface area (Å²) < 4.78 is 0. The van der Waals surface area contributed by atoms with Crippen molar-refractivity contribution in [1.29, 1.82) is 0 Å². The van der Waals surface area contributed by atoms with Crippen molar-refractivity contribution in [3.63, 3.8) is 0 Å². The van der Waals surface area contributed by atoms with Gasteiger partial charge in [-0.1, -0.05) is 24.3 Å². The first-order valence-corrected chi connectivity index (χ1v) is 9.83. The van der Waals surface area contributed by atoms with Crippen molar-refractivity contribution in [2.75, 3.05) is 32.5 Å². The second kappa shape index (κ2) is 8.05. The Balaban J connectivity index is 1.73. The fourth-order valence-electron chi connectivity index (χ4n) is 3.90. The van der Waals surface area contributed by atoms with Crippen molar-refractivity contribution >= 4 is 22.5 Å². The molecule has 3 aromatic rings. The molecule has 29 heavy (non-hydrogen) atoms. The number of phenols is 1. The Kier molecular flexibility index (Phi) is 5.31. The molecule has 3 N–H and O–H groups in total. The molecule has 7 nitrogen and oxygen atoms in total. The van der Waals surface area contributed by atoms with Crippen LogP contribution in [0.2, 0.25) is 0 Å². The lowest BCUT2D eigenvalue weighted by atomic mass is 10.0. The number of aromatic nitrogens is 2. The number of phenolic OH excluding ortho intramolecular Hbond substituents is 1. The molecule has 0 radical (unpaired) electrons. The molecule has 1 aromatic heterocycles. The molecule has 1 atom stereocenters. The molecule has 150 valence electrons. The summed E-state index contributed by atoms with van der Waals surface area (Å²) >= 11 is 0. The lowest BCUT2D eigenvalue weighted by Crippen LogP contribution is -2.40. The number of anilines is 1. The molecular formula is C22H25N5O2. The summed E-state index contributed by atoms with van der Waals surface area (Å²) in [6.45, 7) is 2.09. The second-order valence-electron chi connectivity index (χ2n) is 7.50. The number of benzene rings is 2. The smallest absolute Gasteiger partial charge is 0.251 e. The molecule has 1 amide bonds. The summed E-state index contributed by atoms with van der Waals surface area (Å²) in [6, 6.07) is 13.1. The van der Waals surface area contributed by atoms with Gasteiger partial charge in [-0.15, -0.1) is 10.2 Å². The molecule has 2 aromatic carbocycles. The Labute approximate surface area is 169 Å². The first kappa shape index (κ1) is 19.1. The molecule has 4 rings (SSSR count). The highest BCUT2D eigenvalue weighted by molar-refractivity contribution is 6.02. The molecule has 1 aliphatic heterocycles. The third-order valence-corrected chi connectivity index (χ3v) is 5.39. The second-order valence-corrected chi connectivity index (χ2v) is 7.50. The van der Waals surface area contributed by atoms with Gasteiger partial charge >= 0.3 is 0 Å². The van der Waals surface area contributed by atoms with Crippen LogP contribution in [0.4, 0.5) is 5.82 Å². The normalized spacial score (nSPS) is 17.2. The summed E-state index contributed by atoms with van der Waals surface area (Å²) in [5.41, 5.74) is 1.53. The van der Waals surface area contributed by atoms with Crippen LogP contribution in [0.1, 0.15) is 23.2 Å². The zero-order valence-corrected chi connectivity index (χ0v) is 16.6. The summed E-state index contributed by atoms with van der Waals surface area (Å²) in [7, 11) is 3.69. The van der Waals surface area contributed by atoms with Gasteiger partial charge in [0.05, 0.1) is 0 Å². The molecular weight excluding hydrogens is 366 g/mol. The van der Waals surface area contributed by atoms with E-state index in [2.05, 4.69) is 32.8 Å². The van der Waals surface area contributed by atoms with Crippen molar-refractivity contribution in [2.45, 2.75) is 18.9 Å². The monoisotopic (exact) mass is 391 g/mol. The number of aromatic hydroxyl groups is 1. The molecule has 1 saturated heterocycles. The first-order valence-electron chi connectivity index (χ1n) is 9.83. The average Bonchev–Trinajstić information content (AvgIpc) is 2.74. The van der Waals surface area contributed by atoms with E-state index in [1.54, 1.807) is 19.2 Å². The number of carbonyl (C=O) groups excluding carboxylic acids is 1. The molecule has 0 aliphatic carbocycles. The Bertz CT molecular complexity index is 1050. The van der Waals surface area contributed by atoms with Gasteiger partial charge in [0.25, 0.3) is 5.91 Å². The van der Waals surface area contributed by atoms with Crippen LogP contribution in [0.25, 0.3) is 22.0 Å². The number of piperidine rings is 1. The number of nitrogens with one attached hydrogen (secondary N) is 2. The lowest BCUT2D eigenvalue weighted by Gasteiger charge is -2.30. The molecule has 1 fully saturated rings. The van der Waals surface area contributed by atoms with Gasteiger partial charge in [-0.2, -0.15) is 0 Å². The third kappa shape index (κ3) is 3.86. The maximum absolute atomic E-state index is 11.8. The van der Waals surface area contributed by atoms with Gasteiger partial charge in [0.15, 0.2) is 5.82 Å². The van der Waals surface area contributed by atoms with E-state index in [0.29, 0.717) is 22.9 Å². The van der Waals surface area contributed by atoms with Gasteiger partial charge < -0.3 is 20.6 Å². The Morgan fingerprint density at radius 3 is 2.69 bits per heavy atom. The fourth-order valence-corrected chi connectivity index (χ4v) is 3.90. The summed E-state index contributed by atoms with van der Waals surface area (Å²) in [5.74, 6) is 0.506. The number of fused-ring (bicyclic) bond motifs is 1. The van der Waals surface area contributed by atoms with Crippen LogP contribution in [0.3, 0.4) is 0 Å². The van der Waals surface area contributed by atoms with E-state index >= 15 is 0 Å². The Morgan fingerprint density at radius 2 is 1.97 bits per heavy atom. The van der Waals surface area contributed by atoms with Crippen LogP contribution >= 0.6 is 0 Å². The zero-order valence-electron chi connectivity index (χ0n) is 16.6. The van der Waals surface area contributed by atoms with Gasteiger partial charge in [-0.05, 0) is 44.6 Å². The minimum atomic E-state index is -0.250. The van der Waals surface area contributed by atoms with Crippen molar-refractivity contribution in [3.05, 3.63) is 48.0 Å². The van der Waals surface area contributed by atoms with E-state index in [-0.39, 0.29) is 11.7 Å². The van der Waals surface area contributed by atoms with Crippen LogP contribution in [-0.4, -0.2) is 59.3 Å². The van der Waals surface area contributed by atoms with Crippen LogP contribution in [0.5, 0.6) is 5.75 Å². The summed E-state index contributed by atoms with van der Waals surface area (Å²) in [5, 5.41) is 27.4. The Hall–Kier alpha value is -3.19. The van der Waals surface area contributed by atoms with Crippen molar-refractivity contribution in [2.24, 2.45) is 0 Å². The third-order valence-electron chi connectivity index (χ3n) is 5.39. The zero-order chi connectivity index (χ0) is 20.4. The molecule has 0 unspecified atom stereocenters. The van der Waals surface area contributed by atoms with Crippen molar-refractivity contribution in [3.8, 4) is 17.0 Å². The first-order chi connectivity index (χ1) is 14.1. The van der Waals surface area contributed by atoms with E-state index in [1.807, 2.05) is 24.3 Å². The van der Waals surface area contributed by atoms with Gasteiger partial charge in [0.2, 0.25) is 0 Å². The van der Waals surface area contributed by atoms with Gasteiger partial charge in [-0.25, -0.2) is 0 Å². The summed E-state index contributed by atoms with van der Waals surface area (Å²) in [4.78, 5) is 14.1. The largest absolute Gasteiger partial charge is 0.507 e. The predicted molar refractivity (Wildman–Crippen MR) is 114 cm³/mol. The number of hydrogen-bond acceptors (Lipinski definition) is 6. The van der Waals surface area contributed by atoms with Crippen molar-refractivity contribution < 1.29 is 9.90 Å². The summed E-state index contributed by atoms with van der Waals surface area (Å²) in [6.07, 6.45) is 2.26. The number of rotatable bonds is 4. The number of likely N-dealkylation sites (tertiary alicyclic amines) is 1. The highest BCUT2D eigenvalue weighted by Gasteiger charge is 2.20. The van der Waals surface area contributed by atoms with Crippen molar-refractivity contribution in [1.82, 2.24) is 20.4 Å². The highest BCUT2D eigenvalue weighted by Crippen LogP contribution is 2.35. The number of carbonyl (C=O) groups is 1. The van der Waals surface area contributed by atoms with E-state index in [9.17, 15) is 9.90 Å². The van der Waals surface area contributed by atoms with E-state index in [1.165, 1.54) is 6.07 Å². The topological polar surface area (TPSA) is 90.4 Å². The quantitative estimate of drug-likeness (QED) is 0.634. The number of nitrogens with zero attached hydrogens (tertiary/aromatic N) is 3. The fraction of sp³-hybridized carbons (Fsp3) is 0.318. The Morgan fingerprint density at radius 1 is 1.17 bits per heavy atom.